The fraction of sp³-hybridized carbons (Fsp3) is 0.227. The molecule has 0 fully saturated rings. The van der Waals surface area contributed by atoms with E-state index in [0.717, 1.165) is 11.3 Å². The van der Waals surface area contributed by atoms with Crippen molar-refractivity contribution in [2.75, 3.05) is 27.3 Å². The lowest BCUT2D eigenvalue weighted by molar-refractivity contribution is 0.351. The molecule has 154 valence electrons. The van der Waals surface area contributed by atoms with Crippen molar-refractivity contribution in [3.05, 3.63) is 64.4 Å². The predicted octanol–water partition coefficient (Wildman–Crippen LogP) is 4.03. The summed E-state index contributed by atoms with van der Waals surface area (Å²) >= 11 is 1.39. The van der Waals surface area contributed by atoms with E-state index in [1.54, 1.807) is 20.4 Å². The van der Waals surface area contributed by atoms with Crippen molar-refractivity contribution in [3.63, 3.8) is 0 Å². The fourth-order valence-electron chi connectivity index (χ4n) is 3.37. The molecule has 8 heteroatoms. The lowest BCUT2D eigenvalue weighted by Gasteiger charge is -2.18. The number of thiazole rings is 1. The second-order valence-electron chi connectivity index (χ2n) is 6.77. The van der Waals surface area contributed by atoms with Gasteiger partial charge >= 0.3 is 0 Å². The van der Waals surface area contributed by atoms with Gasteiger partial charge in [0.15, 0.2) is 0 Å². The first-order valence-corrected chi connectivity index (χ1v) is 10.3. The van der Waals surface area contributed by atoms with E-state index in [4.69, 9.17) is 14.9 Å². The first kappa shape index (κ1) is 19.9. The number of amidine groups is 1. The number of aromatic nitrogens is 2. The number of rotatable bonds is 7. The van der Waals surface area contributed by atoms with Gasteiger partial charge in [0.2, 0.25) is 0 Å². The number of hydrogen-bond acceptors (Lipinski definition) is 7. The zero-order valence-electron chi connectivity index (χ0n) is 16.8. The molecule has 2 N–H and O–H groups in total. The highest BCUT2D eigenvalue weighted by atomic mass is 32.1. The van der Waals surface area contributed by atoms with Crippen molar-refractivity contribution < 1.29 is 14.6 Å². The molecule has 0 saturated carbocycles. The van der Waals surface area contributed by atoms with Crippen LogP contribution in [0.5, 0.6) is 11.5 Å². The lowest BCUT2D eigenvalue weighted by Crippen LogP contribution is -2.29. The molecule has 0 saturated heterocycles. The van der Waals surface area contributed by atoms with Crippen LogP contribution in [0.25, 0.3) is 16.8 Å². The van der Waals surface area contributed by atoms with Crippen molar-refractivity contribution >= 4 is 22.7 Å². The number of pyridine rings is 1. The molecule has 30 heavy (non-hydrogen) atoms. The molecule has 0 unspecified atom stereocenters. The van der Waals surface area contributed by atoms with Crippen LogP contribution in [0.3, 0.4) is 0 Å². The van der Waals surface area contributed by atoms with Crippen molar-refractivity contribution in [2.24, 2.45) is 0 Å². The van der Waals surface area contributed by atoms with Gasteiger partial charge in [-0.3, -0.25) is 10.4 Å². The first-order valence-electron chi connectivity index (χ1n) is 9.45. The molecular weight excluding hydrogens is 400 g/mol. The van der Waals surface area contributed by atoms with Gasteiger partial charge in [-0.25, -0.2) is 4.98 Å². The summed E-state index contributed by atoms with van der Waals surface area (Å²) in [5, 5.41) is 21.6. The smallest absolute Gasteiger partial charge is 0.135 e. The maximum absolute atomic E-state index is 10.5. The van der Waals surface area contributed by atoms with E-state index in [-0.39, 0.29) is 11.6 Å². The average Bonchev–Trinajstić information content (AvgIpc) is 3.36. The molecule has 3 aromatic rings. The number of hydrogen-bond donors (Lipinski definition) is 2. The van der Waals surface area contributed by atoms with Crippen LogP contribution < -0.4 is 9.47 Å². The van der Waals surface area contributed by atoms with E-state index >= 15 is 0 Å². The van der Waals surface area contributed by atoms with Crippen molar-refractivity contribution in [1.82, 2.24) is 14.9 Å². The van der Waals surface area contributed by atoms with E-state index in [1.165, 1.54) is 11.3 Å². The van der Waals surface area contributed by atoms with Crippen LogP contribution in [0.1, 0.15) is 10.7 Å². The molecule has 0 amide bonds. The van der Waals surface area contributed by atoms with E-state index < -0.39 is 0 Å². The maximum Gasteiger partial charge on any atom is 0.135 e. The van der Waals surface area contributed by atoms with Gasteiger partial charge in [-0.15, -0.1) is 11.3 Å². The van der Waals surface area contributed by atoms with Crippen LogP contribution in [0.4, 0.5) is 0 Å². The SMILES string of the molecule is COc1ccc(OC)c(-c2csc(C3=C(O)CN(CCc4ccccn4)C3=N)n2)c1. The molecule has 3 heterocycles. The Morgan fingerprint density at radius 2 is 2.07 bits per heavy atom. The van der Waals surface area contributed by atoms with Crippen LogP contribution >= 0.6 is 11.3 Å². The van der Waals surface area contributed by atoms with E-state index in [0.29, 0.717) is 47.3 Å². The summed E-state index contributed by atoms with van der Waals surface area (Å²) in [6.07, 6.45) is 2.46. The Hall–Kier alpha value is -3.39. The fourth-order valence-corrected chi connectivity index (χ4v) is 4.26. The molecule has 1 aliphatic heterocycles. The molecule has 7 nitrogen and oxygen atoms in total. The number of nitrogens with one attached hydrogen (secondary N) is 1. The normalized spacial score (nSPS) is 13.8. The van der Waals surface area contributed by atoms with Crippen LogP contribution in [-0.4, -0.2) is 53.1 Å². The highest BCUT2D eigenvalue weighted by molar-refractivity contribution is 7.11. The molecule has 2 aromatic heterocycles. The first-order chi connectivity index (χ1) is 14.6. The quantitative estimate of drug-likeness (QED) is 0.597. The van der Waals surface area contributed by atoms with E-state index in [2.05, 4.69) is 9.97 Å². The second-order valence-corrected chi connectivity index (χ2v) is 7.63. The Morgan fingerprint density at radius 1 is 1.20 bits per heavy atom. The summed E-state index contributed by atoms with van der Waals surface area (Å²) in [7, 11) is 3.22. The van der Waals surface area contributed by atoms with Crippen molar-refractivity contribution in [2.45, 2.75) is 6.42 Å². The van der Waals surface area contributed by atoms with Crippen LogP contribution in [-0.2, 0) is 6.42 Å². The number of aliphatic hydroxyl groups excluding tert-OH is 1. The van der Waals surface area contributed by atoms with Gasteiger partial charge < -0.3 is 19.5 Å². The maximum atomic E-state index is 10.5. The number of nitrogens with zero attached hydrogens (tertiary/aromatic N) is 3. The van der Waals surface area contributed by atoms with Gasteiger partial charge in [0.1, 0.15) is 28.1 Å². The minimum Gasteiger partial charge on any atom is -0.510 e. The molecule has 1 aliphatic rings. The largest absolute Gasteiger partial charge is 0.510 e. The van der Waals surface area contributed by atoms with Crippen molar-refractivity contribution in [1.29, 1.82) is 5.41 Å². The molecule has 4 rings (SSSR count). The Labute approximate surface area is 178 Å². The van der Waals surface area contributed by atoms with Gasteiger partial charge in [-0.2, -0.15) is 0 Å². The topological polar surface area (TPSA) is 91.6 Å². The molecule has 1 aromatic carbocycles. The zero-order valence-corrected chi connectivity index (χ0v) is 17.6. The number of benzene rings is 1. The van der Waals surface area contributed by atoms with Gasteiger partial charge in [0, 0.05) is 35.8 Å². The number of aliphatic hydroxyl groups is 1. The van der Waals surface area contributed by atoms with Crippen LogP contribution in [0.15, 0.2) is 53.7 Å². The van der Waals surface area contributed by atoms with E-state index in [1.807, 2.05) is 46.7 Å². The third kappa shape index (κ3) is 3.86. The predicted molar refractivity (Wildman–Crippen MR) is 117 cm³/mol. The summed E-state index contributed by atoms with van der Waals surface area (Å²) in [4.78, 5) is 10.8. The third-order valence-corrected chi connectivity index (χ3v) is 5.81. The molecule has 0 atom stereocenters. The summed E-state index contributed by atoms with van der Waals surface area (Å²) in [6.45, 7) is 0.906. The Kier molecular flexibility index (Phi) is 5.67. The van der Waals surface area contributed by atoms with Gasteiger partial charge in [-0.05, 0) is 30.3 Å². The van der Waals surface area contributed by atoms with Gasteiger partial charge in [0.25, 0.3) is 0 Å². The molecular formula is C22H22N4O3S. The minimum absolute atomic E-state index is 0.166. The second kappa shape index (κ2) is 8.54. The number of methoxy groups -OCH3 is 2. The van der Waals surface area contributed by atoms with Gasteiger partial charge in [-0.1, -0.05) is 6.07 Å². The monoisotopic (exact) mass is 422 g/mol. The summed E-state index contributed by atoms with van der Waals surface area (Å²) < 4.78 is 10.8. The van der Waals surface area contributed by atoms with Crippen LogP contribution in [0, 0.1) is 5.41 Å². The highest BCUT2D eigenvalue weighted by Gasteiger charge is 2.30. The third-order valence-electron chi connectivity index (χ3n) is 4.95. The van der Waals surface area contributed by atoms with Crippen molar-refractivity contribution in [3.8, 4) is 22.8 Å². The lowest BCUT2D eigenvalue weighted by atomic mass is 10.1. The minimum atomic E-state index is 0.166. The average molecular weight is 423 g/mol. The standard InChI is InChI=1S/C22H22N4O3S/c1-28-15-6-7-19(29-2)16(11-15)17-13-30-22(25-17)20-18(27)12-26(21(20)23)10-8-14-5-3-4-9-24-14/h3-7,9,11,13,23,27H,8,10,12H2,1-2H3. The molecule has 0 radical (unpaired) electrons. The summed E-state index contributed by atoms with van der Waals surface area (Å²) in [5.41, 5.74) is 2.95. The molecule has 0 bridgehead atoms. The summed E-state index contributed by atoms with van der Waals surface area (Å²) in [6, 6.07) is 11.3. The van der Waals surface area contributed by atoms with E-state index in [9.17, 15) is 5.11 Å². The number of ether oxygens (including phenoxy) is 2. The summed E-state index contributed by atoms with van der Waals surface area (Å²) in [5.74, 6) is 1.84. The Balaban J connectivity index is 1.55. The Morgan fingerprint density at radius 3 is 2.80 bits per heavy atom. The highest BCUT2D eigenvalue weighted by Crippen LogP contribution is 2.37. The van der Waals surface area contributed by atoms with Crippen LogP contribution in [0.2, 0.25) is 0 Å². The molecule has 0 spiro atoms. The zero-order chi connectivity index (χ0) is 21.1. The molecule has 0 aliphatic carbocycles. The van der Waals surface area contributed by atoms with Gasteiger partial charge in [0.05, 0.1) is 32.0 Å². The Bertz CT molecular complexity index is 1090.